The third kappa shape index (κ3) is 2.01. The molecule has 0 aliphatic carbocycles. The van der Waals surface area contributed by atoms with Crippen LogP contribution in [0.3, 0.4) is 0 Å². The third-order valence-electron chi connectivity index (χ3n) is 3.47. The number of hydrogen-bond acceptors (Lipinski definition) is 3. The van der Waals surface area contributed by atoms with Crippen LogP contribution in [0.1, 0.15) is 18.7 Å². The molecule has 0 bridgehead atoms. The first-order chi connectivity index (χ1) is 8.79. The monoisotopic (exact) mass is 309 g/mol. The molecule has 0 radical (unpaired) electrons. The van der Waals surface area contributed by atoms with Crippen LogP contribution in [0.2, 0.25) is 0 Å². The van der Waals surface area contributed by atoms with Gasteiger partial charge in [0.05, 0.1) is 7.11 Å². The van der Waals surface area contributed by atoms with Crippen molar-refractivity contribution in [3.05, 3.63) is 28.8 Å². The summed E-state index contributed by atoms with van der Waals surface area (Å²) in [5.74, 6) is 1.93. The van der Waals surface area contributed by atoms with E-state index in [0.29, 0.717) is 6.04 Å². The van der Waals surface area contributed by atoms with Gasteiger partial charge in [0.15, 0.2) is 0 Å². The molecule has 1 atom stereocenters. The minimum absolute atomic E-state index is 0.550. The average Bonchev–Trinajstić information content (AvgIpc) is 2.99. The summed E-state index contributed by atoms with van der Waals surface area (Å²) in [5.41, 5.74) is 1.01. The fourth-order valence-corrected chi connectivity index (χ4v) is 3.18. The first-order valence-electron chi connectivity index (χ1n) is 6.22. The van der Waals surface area contributed by atoms with Gasteiger partial charge in [-0.1, -0.05) is 0 Å². The number of rotatable bonds is 3. The summed E-state index contributed by atoms with van der Waals surface area (Å²) in [5, 5.41) is 3.51. The number of nitrogens with one attached hydrogen (secondary N) is 1. The predicted octanol–water partition coefficient (Wildman–Crippen LogP) is 2.40. The molecule has 4 nitrogen and oxygen atoms in total. The van der Waals surface area contributed by atoms with Gasteiger partial charge in [0.25, 0.3) is 0 Å². The van der Waals surface area contributed by atoms with Crippen LogP contribution in [0.15, 0.2) is 22.9 Å². The molecule has 3 rings (SSSR count). The van der Waals surface area contributed by atoms with Gasteiger partial charge in [0, 0.05) is 18.7 Å². The molecule has 3 heterocycles. The topological polar surface area (TPSA) is 38.6 Å². The van der Waals surface area contributed by atoms with E-state index in [2.05, 4.69) is 30.6 Å². The van der Waals surface area contributed by atoms with E-state index in [1.165, 1.54) is 12.8 Å². The summed E-state index contributed by atoms with van der Waals surface area (Å²) in [6.45, 7) is 1.12. The average molecular weight is 310 g/mol. The molecule has 1 fully saturated rings. The molecule has 0 saturated carbocycles. The number of methoxy groups -OCH3 is 1. The quantitative estimate of drug-likeness (QED) is 0.946. The van der Waals surface area contributed by atoms with Crippen LogP contribution in [-0.4, -0.2) is 29.1 Å². The molecule has 1 unspecified atom stereocenters. The Hall–Kier alpha value is -1.07. The highest BCUT2D eigenvalue weighted by atomic mass is 79.9. The van der Waals surface area contributed by atoms with E-state index in [1.54, 1.807) is 7.11 Å². The normalized spacial score (nSPS) is 19.6. The molecular weight excluding hydrogens is 294 g/mol. The zero-order chi connectivity index (χ0) is 12.5. The van der Waals surface area contributed by atoms with E-state index in [9.17, 15) is 0 Å². The van der Waals surface area contributed by atoms with Crippen molar-refractivity contribution in [2.24, 2.45) is 0 Å². The maximum atomic E-state index is 5.39. The van der Waals surface area contributed by atoms with Crippen LogP contribution in [0, 0.1) is 0 Å². The van der Waals surface area contributed by atoms with Crippen LogP contribution >= 0.6 is 15.9 Å². The van der Waals surface area contributed by atoms with Crippen molar-refractivity contribution in [2.75, 3.05) is 13.7 Å². The van der Waals surface area contributed by atoms with Gasteiger partial charge in [-0.3, -0.25) is 4.40 Å². The molecule has 1 aliphatic heterocycles. The zero-order valence-corrected chi connectivity index (χ0v) is 11.9. The van der Waals surface area contributed by atoms with Crippen molar-refractivity contribution in [1.29, 1.82) is 0 Å². The van der Waals surface area contributed by atoms with Gasteiger partial charge in [-0.2, -0.15) is 0 Å². The number of pyridine rings is 1. The summed E-state index contributed by atoms with van der Waals surface area (Å²) in [7, 11) is 1.69. The summed E-state index contributed by atoms with van der Waals surface area (Å²) in [6, 6.07) is 4.50. The lowest BCUT2D eigenvalue weighted by Gasteiger charge is -2.09. The van der Waals surface area contributed by atoms with Crippen molar-refractivity contribution >= 4 is 21.4 Å². The minimum Gasteiger partial charge on any atom is -0.494 e. The molecule has 96 valence electrons. The van der Waals surface area contributed by atoms with Crippen molar-refractivity contribution in [2.45, 2.75) is 25.3 Å². The molecule has 1 N–H and O–H groups in total. The highest BCUT2D eigenvalue weighted by molar-refractivity contribution is 9.10. The SMILES string of the molecule is COc1cccn2c(CC3CCCN3)nc(Br)c12. The smallest absolute Gasteiger partial charge is 0.145 e. The van der Waals surface area contributed by atoms with Gasteiger partial charge >= 0.3 is 0 Å². The second-order valence-electron chi connectivity index (χ2n) is 4.61. The van der Waals surface area contributed by atoms with Gasteiger partial charge in [0.1, 0.15) is 21.7 Å². The first kappa shape index (κ1) is 12.0. The molecule has 5 heteroatoms. The lowest BCUT2D eigenvalue weighted by Crippen LogP contribution is -2.24. The molecule has 1 saturated heterocycles. The fourth-order valence-electron chi connectivity index (χ4n) is 2.58. The molecule has 0 amide bonds. The summed E-state index contributed by atoms with van der Waals surface area (Å²) in [4.78, 5) is 4.62. The number of fused-ring (bicyclic) bond motifs is 1. The molecule has 0 aromatic carbocycles. The van der Waals surface area contributed by atoms with Crippen molar-refractivity contribution in [1.82, 2.24) is 14.7 Å². The largest absolute Gasteiger partial charge is 0.494 e. The van der Waals surface area contributed by atoms with Crippen molar-refractivity contribution in [3.63, 3.8) is 0 Å². The fraction of sp³-hybridized carbons (Fsp3) is 0.462. The Morgan fingerprint density at radius 2 is 2.50 bits per heavy atom. The Labute approximate surface area is 114 Å². The minimum atomic E-state index is 0.550. The highest BCUT2D eigenvalue weighted by Crippen LogP contribution is 2.28. The maximum Gasteiger partial charge on any atom is 0.145 e. The van der Waals surface area contributed by atoms with E-state index < -0.39 is 0 Å². The van der Waals surface area contributed by atoms with Crippen LogP contribution in [0.4, 0.5) is 0 Å². The van der Waals surface area contributed by atoms with E-state index in [1.807, 2.05) is 18.3 Å². The second-order valence-corrected chi connectivity index (χ2v) is 5.36. The maximum absolute atomic E-state index is 5.39. The van der Waals surface area contributed by atoms with E-state index in [-0.39, 0.29) is 0 Å². The van der Waals surface area contributed by atoms with E-state index >= 15 is 0 Å². The Morgan fingerprint density at radius 3 is 3.22 bits per heavy atom. The van der Waals surface area contributed by atoms with E-state index in [0.717, 1.165) is 34.7 Å². The molecular formula is C13H16BrN3O. The number of nitrogens with zero attached hydrogens (tertiary/aromatic N) is 2. The number of halogens is 1. The van der Waals surface area contributed by atoms with Crippen LogP contribution < -0.4 is 10.1 Å². The molecule has 1 aliphatic rings. The number of aromatic nitrogens is 2. The van der Waals surface area contributed by atoms with Gasteiger partial charge in [-0.25, -0.2) is 4.98 Å². The Balaban J connectivity index is 2.02. The predicted molar refractivity (Wildman–Crippen MR) is 74.2 cm³/mol. The Kier molecular flexibility index (Phi) is 3.26. The zero-order valence-electron chi connectivity index (χ0n) is 10.3. The summed E-state index contributed by atoms with van der Waals surface area (Å²) >= 11 is 3.53. The summed E-state index contributed by atoms with van der Waals surface area (Å²) < 4.78 is 8.35. The Bertz CT molecular complexity index is 561. The third-order valence-corrected chi connectivity index (χ3v) is 4.02. The van der Waals surface area contributed by atoms with Gasteiger partial charge in [-0.05, 0) is 47.4 Å². The highest BCUT2D eigenvalue weighted by Gasteiger charge is 2.19. The number of ether oxygens (including phenoxy) is 1. The molecule has 0 spiro atoms. The first-order valence-corrected chi connectivity index (χ1v) is 7.01. The van der Waals surface area contributed by atoms with E-state index in [4.69, 9.17) is 4.74 Å². The number of hydrogen-bond donors (Lipinski definition) is 1. The second kappa shape index (κ2) is 4.90. The van der Waals surface area contributed by atoms with Gasteiger partial charge < -0.3 is 10.1 Å². The van der Waals surface area contributed by atoms with Crippen LogP contribution in [0.25, 0.3) is 5.52 Å². The standard InChI is InChI=1S/C13H16BrN3O/c1-18-10-5-3-7-17-11(16-13(14)12(10)17)8-9-4-2-6-15-9/h3,5,7,9,15H,2,4,6,8H2,1H3. The van der Waals surface area contributed by atoms with Crippen molar-refractivity contribution in [3.8, 4) is 5.75 Å². The number of imidazole rings is 1. The van der Waals surface area contributed by atoms with Crippen LogP contribution in [-0.2, 0) is 6.42 Å². The lowest BCUT2D eigenvalue weighted by molar-refractivity contribution is 0.417. The molecule has 2 aromatic heterocycles. The van der Waals surface area contributed by atoms with Crippen LogP contribution in [0.5, 0.6) is 5.75 Å². The molecule has 2 aromatic rings. The summed E-state index contributed by atoms with van der Waals surface area (Å²) in [6.07, 6.45) is 5.49. The lowest BCUT2D eigenvalue weighted by atomic mass is 10.1. The van der Waals surface area contributed by atoms with Gasteiger partial charge in [-0.15, -0.1) is 0 Å². The molecule has 18 heavy (non-hydrogen) atoms. The van der Waals surface area contributed by atoms with Gasteiger partial charge in [0.2, 0.25) is 0 Å². The van der Waals surface area contributed by atoms with Crippen molar-refractivity contribution < 1.29 is 4.74 Å². The Morgan fingerprint density at radius 1 is 1.61 bits per heavy atom.